The number of hydrogen-bond acceptors (Lipinski definition) is 4. The number of imidazole rings is 2. The van der Waals surface area contributed by atoms with Gasteiger partial charge in [-0.25, -0.2) is 15.0 Å². The molecule has 0 fully saturated rings. The van der Waals surface area contributed by atoms with Crippen LogP contribution in [0.3, 0.4) is 0 Å². The smallest absolute Gasteiger partial charge is 0.509 e. The zero-order valence-corrected chi connectivity index (χ0v) is 28.1. The number of hydrogen-bond donors (Lipinski definition) is 0. The molecule has 7 nitrogen and oxygen atoms in total. The van der Waals surface area contributed by atoms with Crippen LogP contribution in [0.5, 0.6) is 11.5 Å². The van der Waals surface area contributed by atoms with Gasteiger partial charge in [-0.1, -0.05) is 62.3 Å². The first-order valence-electron chi connectivity index (χ1n) is 15.3. The first-order chi connectivity index (χ1) is 22.4. The van der Waals surface area contributed by atoms with Crippen molar-refractivity contribution in [2.24, 2.45) is 0 Å². The van der Waals surface area contributed by atoms with Gasteiger partial charge in [-0.3, -0.25) is 8.97 Å². The molecular weight excluding hydrogens is 764 g/mol. The Morgan fingerprint density at radius 1 is 0.660 bits per heavy atom. The van der Waals surface area contributed by atoms with Gasteiger partial charge in [-0.15, -0.1) is 35.7 Å². The number of para-hydroxylation sites is 3. The quantitative estimate of drug-likeness (QED) is 0.167. The van der Waals surface area contributed by atoms with E-state index in [9.17, 15) is 0 Å². The summed E-state index contributed by atoms with van der Waals surface area (Å²) in [5, 5.41) is 2.22. The molecule has 0 bridgehead atoms. The van der Waals surface area contributed by atoms with Gasteiger partial charge >= 0.3 is 21.1 Å². The molecular formula is C39H28N6OPt. The monoisotopic (exact) mass is 791 g/mol. The molecule has 9 rings (SSSR count). The number of fused-ring (bicyclic) bond motifs is 8. The van der Waals surface area contributed by atoms with E-state index in [-0.39, 0.29) is 26.5 Å². The van der Waals surface area contributed by atoms with E-state index in [0.717, 1.165) is 61.3 Å². The third kappa shape index (κ3) is 4.64. The second kappa shape index (κ2) is 10.9. The molecule has 0 saturated carbocycles. The molecule has 0 amide bonds. The van der Waals surface area contributed by atoms with E-state index in [1.807, 2.05) is 59.3 Å². The van der Waals surface area contributed by atoms with Crippen LogP contribution >= 0.6 is 0 Å². The molecule has 0 N–H and O–H groups in total. The van der Waals surface area contributed by atoms with Crippen LogP contribution in [-0.2, 0) is 26.5 Å². The maximum absolute atomic E-state index is 6.47. The molecule has 8 heteroatoms. The molecule has 0 aliphatic heterocycles. The van der Waals surface area contributed by atoms with Crippen molar-refractivity contribution in [2.45, 2.75) is 26.2 Å². The molecule has 0 spiro atoms. The summed E-state index contributed by atoms with van der Waals surface area (Å²) in [6, 6.07) is 41.8. The van der Waals surface area contributed by atoms with Crippen molar-refractivity contribution in [1.82, 2.24) is 28.5 Å². The standard InChI is InChI=1S/C39H28N6O.Pt/c1-39(2,3)25-19-21-40-36(22-25)44-32-14-6-4-12-29(32)30-18-17-28(24-35(30)44)46-27-11-8-10-26(23-27)43-37-34(16-9-20-41-37)45-33-15-7-5-13-31(33)42-38(43)45;/h4-22H,1-3H3;/q-2;+2. The maximum Gasteiger partial charge on any atom is 2.00 e. The molecule has 0 aliphatic rings. The summed E-state index contributed by atoms with van der Waals surface area (Å²) in [6.45, 7) is 6.65. The summed E-state index contributed by atoms with van der Waals surface area (Å²) in [5.41, 5.74) is 7.69. The third-order valence-corrected chi connectivity index (χ3v) is 8.57. The Kier molecular flexibility index (Phi) is 6.78. The second-order valence-electron chi connectivity index (χ2n) is 12.5. The maximum atomic E-state index is 6.47. The van der Waals surface area contributed by atoms with E-state index in [1.165, 1.54) is 5.56 Å². The molecule has 0 radical (unpaired) electrons. The van der Waals surface area contributed by atoms with Crippen LogP contribution < -0.4 is 4.74 Å². The Morgan fingerprint density at radius 2 is 1.45 bits per heavy atom. The summed E-state index contributed by atoms with van der Waals surface area (Å²) in [6.07, 6.45) is 3.69. The normalized spacial score (nSPS) is 12.0. The summed E-state index contributed by atoms with van der Waals surface area (Å²) >= 11 is 0. The number of nitrogens with zero attached hydrogens (tertiary/aromatic N) is 6. The van der Waals surface area contributed by atoms with Crippen LogP contribution in [0.25, 0.3) is 61.3 Å². The Morgan fingerprint density at radius 3 is 2.32 bits per heavy atom. The Balaban J connectivity index is 0.00000324. The van der Waals surface area contributed by atoms with E-state index < -0.39 is 0 Å². The van der Waals surface area contributed by atoms with E-state index in [0.29, 0.717) is 11.5 Å². The van der Waals surface area contributed by atoms with Crippen molar-refractivity contribution in [1.29, 1.82) is 0 Å². The number of aromatic nitrogens is 6. The number of ether oxygens (including phenoxy) is 1. The SMILES string of the molecule is CC(C)(C)c1ccnc(-n2c3[c-]c(Oc4[c-]c(-n5c6ncccc6n6c7ccccc7nc56)ccc4)ccc3c3ccccc32)c1.[Pt+2]. The molecule has 0 aliphatic carbocycles. The van der Waals surface area contributed by atoms with Crippen LogP contribution in [0.4, 0.5) is 0 Å². The van der Waals surface area contributed by atoms with E-state index in [4.69, 9.17) is 19.7 Å². The molecule has 47 heavy (non-hydrogen) atoms. The van der Waals surface area contributed by atoms with Crippen LogP contribution in [-0.4, -0.2) is 28.5 Å². The van der Waals surface area contributed by atoms with Crippen molar-refractivity contribution in [3.8, 4) is 23.0 Å². The molecule has 5 aromatic heterocycles. The van der Waals surface area contributed by atoms with Crippen molar-refractivity contribution < 1.29 is 25.8 Å². The molecule has 0 unspecified atom stereocenters. The van der Waals surface area contributed by atoms with Crippen molar-refractivity contribution in [3.63, 3.8) is 0 Å². The minimum Gasteiger partial charge on any atom is -0.509 e. The van der Waals surface area contributed by atoms with Gasteiger partial charge in [0.25, 0.3) is 0 Å². The Bertz CT molecular complexity index is 2620. The molecule has 4 aromatic carbocycles. The summed E-state index contributed by atoms with van der Waals surface area (Å²) in [7, 11) is 0. The van der Waals surface area contributed by atoms with E-state index in [2.05, 4.69) is 96.5 Å². The number of rotatable bonds is 4. The molecule has 230 valence electrons. The first kappa shape index (κ1) is 29.2. The summed E-state index contributed by atoms with van der Waals surface area (Å²) in [4.78, 5) is 14.5. The van der Waals surface area contributed by atoms with Crippen molar-refractivity contribution in [2.75, 3.05) is 0 Å². The molecule has 5 heterocycles. The number of pyridine rings is 2. The van der Waals surface area contributed by atoms with Crippen molar-refractivity contribution >= 4 is 49.8 Å². The topological polar surface area (TPSA) is 62.2 Å². The van der Waals surface area contributed by atoms with Gasteiger partial charge in [0.15, 0.2) is 5.65 Å². The third-order valence-electron chi connectivity index (χ3n) is 8.57. The predicted octanol–water partition coefficient (Wildman–Crippen LogP) is 9.01. The minimum atomic E-state index is -0.00938. The molecule has 9 aromatic rings. The van der Waals surface area contributed by atoms with Gasteiger partial charge in [0.1, 0.15) is 5.82 Å². The Labute approximate surface area is 285 Å². The summed E-state index contributed by atoms with van der Waals surface area (Å²) in [5.74, 6) is 2.77. The van der Waals surface area contributed by atoms with Gasteiger partial charge in [0.05, 0.1) is 16.6 Å². The van der Waals surface area contributed by atoms with Gasteiger partial charge in [0, 0.05) is 29.4 Å². The molecule has 0 atom stereocenters. The number of benzene rings is 4. The van der Waals surface area contributed by atoms with Gasteiger partial charge in [-0.2, -0.15) is 12.1 Å². The fourth-order valence-electron chi connectivity index (χ4n) is 6.38. The predicted molar refractivity (Wildman–Crippen MR) is 182 cm³/mol. The fraction of sp³-hybridized carbons (Fsp3) is 0.103. The van der Waals surface area contributed by atoms with E-state index in [1.54, 1.807) is 6.20 Å². The average Bonchev–Trinajstić information content (AvgIpc) is 3.71. The zero-order chi connectivity index (χ0) is 31.0. The van der Waals surface area contributed by atoms with Gasteiger partial charge in [-0.05, 0) is 58.8 Å². The average molecular weight is 792 g/mol. The molecule has 0 saturated heterocycles. The van der Waals surface area contributed by atoms with Crippen LogP contribution in [0.15, 0.2) is 116 Å². The van der Waals surface area contributed by atoms with Gasteiger partial charge in [0.2, 0.25) is 5.78 Å². The Hall–Kier alpha value is -5.26. The van der Waals surface area contributed by atoms with E-state index >= 15 is 0 Å². The van der Waals surface area contributed by atoms with Crippen LogP contribution in [0.1, 0.15) is 26.3 Å². The largest absolute Gasteiger partial charge is 2.00 e. The van der Waals surface area contributed by atoms with Crippen LogP contribution in [0, 0.1) is 12.1 Å². The zero-order valence-electron chi connectivity index (χ0n) is 25.9. The van der Waals surface area contributed by atoms with Crippen molar-refractivity contribution in [3.05, 3.63) is 133 Å². The summed E-state index contributed by atoms with van der Waals surface area (Å²) < 4.78 is 12.8. The van der Waals surface area contributed by atoms with Gasteiger partial charge < -0.3 is 9.30 Å². The first-order valence-corrected chi connectivity index (χ1v) is 15.3. The second-order valence-corrected chi connectivity index (χ2v) is 12.5. The van der Waals surface area contributed by atoms with Crippen LogP contribution in [0.2, 0.25) is 0 Å². The fourth-order valence-corrected chi connectivity index (χ4v) is 6.38. The minimum absolute atomic E-state index is 0.